The van der Waals surface area contributed by atoms with Crippen molar-refractivity contribution >= 4 is 5.97 Å². The van der Waals surface area contributed by atoms with Crippen molar-refractivity contribution in [1.29, 1.82) is 0 Å². The third-order valence-electron chi connectivity index (χ3n) is 1.72. The van der Waals surface area contributed by atoms with E-state index in [0.717, 1.165) is 0 Å². The van der Waals surface area contributed by atoms with E-state index in [2.05, 4.69) is 0 Å². The molecule has 0 spiro atoms. The van der Waals surface area contributed by atoms with Gasteiger partial charge < -0.3 is 14.2 Å². The molecular weight excluding hydrogens is 196 g/mol. The number of carbonyl (C=O) groups is 1. The summed E-state index contributed by atoms with van der Waals surface area (Å²) in [5.41, 5.74) is -0.275. The minimum absolute atomic E-state index is 0.256. The molecule has 0 aromatic rings. The molecule has 1 aliphatic heterocycles. The lowest BCUT2D eigenvalue weighted by atomic mass is 10.2. The van der Waals surface area contributed by atoms with Gasteiger partial charge in [-0.1, -0.05) is 0 Å². The van der Waals surface area contributed by atoms with Crippen molar-refractivity contribution in [2.24, 2.45) is 0 Å². The monoisotopic (exact) mass is 214 g/mol. The standard InChI is InChI=1S/C11H18O4/c1-5-13-10(12)8-6-7-9(14-8)15-11(2,3)4/h6,9H,5,7H2,1-4H3. The lowest BCUT2D eigenvalue weighted by Crippen LogP contribution is -2.27. The van der Waals surface area contributed by atoms with Gasteiger partial charge in [0.1, 0.15) is 0 Å². The molecule has 1 unspecified atom stereocenters. The smallest absolute Gasteiger partial charge is 0.373 e. The van der Waals surface area contributed by atoms with Gasteiger partial charge in [0, 0.05) is 6.42 Å². The summed E-state index contributed by atoms with van der Waals surface area (Å²) < 4.78 is 15.7. The van der Waals surface area contributed by atoms with Crippen LogP contribution >= 0.6 is 0 Å². The summed E-state index contributed by atoms with van der Waals surface area (Å²) in [7, 11) is 0. The maximum Gasteiger partial charge on any atom is 0.373 e. The molecule has 0 aromatic carbocycles. The van der Waals surface area contributed by atoms with Crippen molar-refractivity contribution in [2.75, 3.05) is 6.61 Å². The molecule has 4 heteroatoms. The molecule has 1 heterocycles. The Morgan fingerprint density at radius 3 is 2.80 bits per heavy atom. The van der Waals surface area contributed by atoms with Gasteiger partial charge in [0.15, 0.2) is 0 Å². The van der Waals surface area contributed by atoms with Gasteiger partial charge in [-0.3, -0.25) is 0 Å². The van der Waals surface area contributed by atoms with Crippen LogP contribution in [0.15, 0.2) is 11.8 Å². The van der Waals surface area contributed by atoms with Gasteiger partial charge in [-0.2, -0.15) is 0 Å². The van der Waals surface area contributed by atoms with Crippen LogP contribution in [0.1, 0.15) is 34.1 Å². The number of ether oxygens (including phenoxy) is 3. The topological polar surface area (TPSA) is 44.8 Å². The van der Waals surface area contributed by atoms with E-state index in [1.54, 1.807) is 13.0 Å². The Bertz CT molecular complexity index is 262. The summed E-state index contributed by atoms with van der Waals surface area (Å²) in [5, 5.41) is 0. The van der Waals surface area contributed by atoms with Crippen molar-refractivity contribution in [3.8, 4) is 0 Å². The zero-order chi connectivity index (χ0) is 11.5. The van der Waals surface area contributed by atoms with Crippen LogP contribution in [0.2, 0.25) is 0 Å². The normalized spacial score (nSPS) is 20.8. The van der Waals surface area contributed by atoms with E-state index in [1.807, 2.05) is 20.8 Å². The fourth-order valence-electron chi connectivity index (χ4n) is 1.24. The lowest BCUT2D eigenvalue weighted by Gasteiger charge is -2.24. The SMILES string of the molecule is CCOC(=O)C1=CCC(OC(C)(C)C)O1. The quantitative estimate of drug-likeness (QED) is 0.674. The molecule has 0 N–H and O–H groups in total. The summed E-state index contributed by atoms with van der Waals surface area (Å²) in [6, 6.07) is 0. The Labute approximate surface area is 90.2 Å². The first-order chi connectivity index (χ1) is 6.92. The molecule has 0 saturated heterocycles. The summed E-state index contributed by atoms with van der Waals surface area (Å²) in [6.07, 6.45) is 1.92. The second-order valence-electron chi connectivity index (χ2n) is 4.30. The van der Waals surface area contributed by atoms with Gasteiger partial charge in [0.25, 0.3) is 0 Å². The molecule has 0 saturated carbocycles. The highest BCUT2D eigenvalue weighted by Gasteiger charge is 2.28. The zero-order valence-electron chi connectivity index (χ0n) is 9.70. The maximum atomic E-state index is 11.3. The molecule has 0 fully saturated rings. The molecule has 86 valence electrons. The molecule has 1 atom stereocenters. The summed E-state index contributed by atoms with van der Waals surface area (Å²) in [4.78, 5) is 11.3. The van der Waals surface area contributed by atoms with Crippen LogP contribution in [0, 0.1) is 0 Å². The molecule has 0 bridgehead atoms. The molecule has 0 aromatic heterocycles. The van der Waals surface area contributed by atoms with Gasteiger partial charge in [0.2, 0.25) is 12.0 Å². The van der Waals surface area contributed by atoms with Crippen molar-refractivity contribution in [3.05, 3.63) is 11.8 Å². The van der Waals surface area contributed by atoms with Crippen molar-refractivity contribution in [2.45, 2.75) is 46.0 Å². The Morgan fingerprint density at radius 1 is 1.60 bits per heavy atom. The van der Waals surface area contributed by atoms with Crippen LogP contribution in [-0.4, -0.2) is 24.5 Å². The van der Waals surface area contributed by atoms with E-state index in [9.17, 15) is 4.79 Å². The van der Waals surface area contributed by atoms with E-state index in [-0.39, 0.29) is 17.7 Å². The van der Waals surface area contributed by atoms with Gasteiger partial charge in [0.05, 0.1) is 12.2 Å². The van der Waals surface area contributed by atoms with Crippen LogP contribution in [0.4, 0.5) is 0 Å². The number of esters is 1. The van der Waals surface area contributed by atoms with Crippen molar-refractivity contribution < 1.29 is 19.0 Å². The van der Waals surface area contributed by atoms with Gasteiger partial charge >= 0.3 is 5.97 Å². The summed E-state index contributed by atoms with van der Waals surface area (Å²) in [5.74, 6) is -0.163. The second kappa shape index (κ2) is 4.66. The van der Waals surface area contributed by atoms with Crippen molar-refractivity contribution in [3.63, 3.8) is 0 Å². The largest absolute Gasteiger partial charge is 0.460 e. The highest BCUT2D eigenvalue weighted by Crippen LogP contribution is 2.23. The fourth-order valence-corrected chi connectivity index (χ4v) is 1.24. The van der Waals surface area contributed by atoms with Crippen LogP contribution in [0.5, 0.6) is 0 Å². The average molecular weight is 214 g/mol. The molecule has 0 amide bonds. The number of hydrogen-bond acceptors (Lipinski definition) is 4. The molecule has 1 rings (SSSR count). The lowest BCUT2D eigenvalue weighted by molar-refractivity contribution is -0.175. The first-order valence-electron chi connectivity index (χ1n) is 5.14. The highest BCUT2D eigenvalue weighted by molar-refractivity contribution is 5.86. The predicted molar refractivity (Wildman–Crippen MR) is 55.0 cm³/mol. The van der Waals surface area contributed by atoms with Crippen LogP contribution < -0.4 is 0 Å². The van der Waals surface area contributed by atoms with E-state index in [4.69, 9.17) is 14.2 Å². The van der Waals surface area contributed by atoms with Crippen LogP contribution in [-0.2, 0) is 19.0 Å². The van der Waals surface area contributed by atoms with Crippen LogP contribution in [0.25, 0.3) is 0 Å². The number of carbonyl (C=O) groups excluding carboxylic acids is 1. The van der Waals surface area contributed by atoms with Gasteiger partial charge in [-0.05, 0) is 33.8 Å². The highest BCUT2D eigenvalue weighted by atomic mass is 16.7. The third-order valence-corrected chi connectivity index (χ3v) is 1.72. The minimum Gasteiger partial charge on any atom is -0.460 e. The van der Waals surface area contributed by atoms with E-state index in [1.165, 1.54) is 0 Å². The Balaban J connectivity index is 2.40. The second-order valence-corrected chi connectivity index (χ2v) is 4.30. The number of rotatable bonds is 3. The first kappa shape index (κ1) is 12.0. The first-order valence-corrected chi connectivity index (χ1v) is 5.14. The molecular formula is C11H18O4. The third kappa shape index (κ3) is 3.91. The van der Waals surface area contributed by atoms with Crippen molar-refractivity contribution in [1.82, 2.24) is 0 Å². The fraction of sp³-hybridized carbons (Fsp3) is 0.727. The van der Waals surface area contributed by atoms with Gasteiger partial charge in [-0.15, -0.1) is 0 Å². The van der Waals surface area contributed by atoms with E-state index >= 15 is 0 Å². The Kier molecular flexibility index (Phi) is 3.74. The zero-order valence-corrected chi connectivity index (χ0v) is 9.70. The molecule has 4 nitrogen and oxygen atoms in total. The molecule has 1 aliphatic rings. The predicted octanol–water partition coefficient (Wildman–Crippen LogP) is 1.99. The molecule has 15 heavy (non-hydrogen) atoms. The number of hydrogen-bond donors (Lipinski definition) is 0. The molecule has 0 radical (unpaired) electrons. The minimum atomic E-state index is -0.419. The average Bonchev–Trinajstić information content (AvgIpc) is 2.50. The maximum absolute atomic E-state index is 11.3. The Hall–Kier alpha value is -1.03. The molecule has 0 aliphatic carbocycles. The van der Waals surface area contributed by atoms with E-state index < -0.39 is 5.97 Å². The summed E-state index contributed by atoms with van der Waals surface area (Å²) >= 11 is 0. The Morgan fingerprint density at radius 2 is 2.27 bits per heavy atom. The van der Waals surface area contributed by atoms with Gasteiger partial charge in [-0.25, -0.2) is 4.79 Å². The van der Waals surface area contributed by atoms with E-state index in [0.29, 0.717) is 13.0 Å². The summed E-state index contributed by atoms with van der Waals surface area (Å²) in [6.45, 7) is 7.94. The van der Waals surface area contributed by atoms with Crippen LogP contribution in [0.3, 0.4) is 0 Å².